The van der Waals surface area contributed by atoms with E-state index in [9.17, 15) is 4.79 Å². The summed E-state index contributed by atoms with van der Waals surface area (Å²) in [5, 5.41) is 6.51. The summed E-state index contributed by atoms with van der Waals surface area (Å²) in [6.07, 6.45) is 1.67. The molecule has 0 saturated heterocycles. The number of thiophene rings is 1. The third-order valence-corrected chi connectivity index (χ3v) is 5.33. The van der Waals surface area contributed by atoms with Gasteiger partial charge in [-0.1, -0.05) is 37.3 Å². The van der Waals surface area contributed by atoms with E-state index in [1.807, 2.05) is 42.0 Å². The van der Waals surface area contributed by atoms with Gasteiger partial charge in [-0.25, -0.2) is 0 Å². The monoisotopic (exact) mass is 388 g/mol. The van der Waals surface area contributed by atoms with E-state index in [0.29, 0.717) is 0 Å². The molecule has 2 aromatic heterocycles. The van der Waals surface area contributed by atoms with E-state index < -0.39 is 0 Å². The molecule has 0 bridgehead atoms. The molecule has 1 N–H and O–H groups in total. The van der Waals surface area contributed by atoms with Gasteiger partial charge in [-0.05, 0) is 61.0 Å². The molecule has 0 fully saturated rings. The first-order chi connectivity index (χ1) is 12.2. The molecule has 3 aromatic rings. The van der Waals surface area contributed by atoms with Gasteiger partial charge in [0.1, 0.15) is 5.00 Å². The minimum Gasteiger partial charge on any atom is -0.312 e. The van der Waals surface area contributed by atoms with Crippen molar-refractivity contribution < 1.29 is 0 Å². The molecular weight excluding hydrogens is 364 g/mol. The number of nitrogens with zero attached hydrogens (tertiary/aromatic N) is 1. The number of hydrogen-bond acceptors (Lipinski definition) is 3. The van der Waals surface area contributed by atoms with Crippen molar-refractivity contribution in [3.63, 3.8) is 0 Å². The van der Waals surface area contributed by atoms with Gasteiger partial charge < -0.3 is 5.32 Å². The second kappa shape index (κ2) is 9.72. The fourth-order valence-electron chi connectivity index (χ4n) is 3.04. The van der Waals surface area contributed by atoms with E-state index in [0.717, 1.165) is 42.2 Å². The lowest BCUT2D eigenvalue weighted by atomic mass is 10.1. The summed E-state index contributed by atoms with van der Waals surface area (Å²) < 4.78 is 1.87. The first-order valence-corrected chi connectivity index (χ1v) is 9.61. The molecule has 0 spiro atoms. The first kappa shape index (κ1) is 20.4. The topological polar surface area (TPSA) is 34.0 Å². The fourth-order valence-corrected chi connectivity index (χ4v) is 3.82. The van der Waals surface area contributed by atoms with Gasteiger partial charge in [0.25, 0.3) is 5.56 Å². The molecule has 0 aliphatic heterocycles. The molecule has 1 aromatic carbocycles. The lowest BCUT2D eigenvalue weighted by Gasteiger charge is -2.15. The van der Waals surface area contributed by atoms with Gasteiger partial charge in [-0.15, -0.1) is 23.7 Å². The number of halogens is 1. The van der Waals surface area contributed by atoms with E-state index in [1.165, 1.54) is 11.1 Å². The van der Waals surface area contributed by atoms with Crippen molar-refractivity contribution >= 4 is 23.7 Å². The molecule has 3 rings (SSSR count). The van der Waals surface area contributed by atoms with Crippen LogP contribution in [0.3, 0.4) is 0 Å². The Hall–Kier alpha value is -1.88. The van der Waals surface area contributed by atoms with Crippen molar-refractivity contribution in [2.75, 3.05) is 6.54 Å². The molecule has 26 heavy (non-hydrogen) atoms. The van der Waals surface area contributed by atoms with Crippen LogP contribution in [0.1, 0.15) is 29.3 Å². The van der Waals surface area contributed by atoms with Crippen LogP contribution < -0.4 is 10.9 Å². The van der Waals surface area contributed by atoms with Crippen molar-refractivity contribution in [1.29, 1.82) is 0 Å². The number of pyridine rings is 1. The molecule has 0 saturated carbocycles. The summed E-state index contributed by atoms with van der Waals surface area (Å²) >= 11 is 1.61. The van der Waals surface area contributed by atoms with E-state index >= 15 is 0 Å². The summed E-state index contributed by atoms with van der Waals surface area (Å²) in [6.45, 7) is 5.85. The van der Waals surface area contributed by atoms with Gasteiger partial charge in [-0.3, -0.25) is 9.36 Å². The number of nitrogens with one attached hydrogen (secondary N) is 1. The zero-order valence-corrected chi connectivity index (χ0v) is 16.8. The molecule has 0 radical (unpaired) electrons. The van der Waals surface area contributed by atoms with Gasteiger partial charge in [0, 0.05) is 17.8 Å². The van der Waals surface area contributed by atoms with Crippen LogP contribution in [-0.2, 0) is 19.4 Å². The van der Waals surface area contributed by atoms with Crippen molar-refractivity contribution in [2.45, 2.75) is 33.2 Å². The molecule has 3 nitrogen and oxygen atoms in total. The summed E-state index contributed by atoms with van der Waals surface area (Å²) in [5.41, 5.74) is 4.58. The maximum absolute atomic E-state index is 12.7. The highest BCUT2D eigenvalue weighted by atomic mass is 35.5. The third-order valence-electron chi connectivity index (χ3n) is 4.48. The van der Waals surface area contributed by atoms with Crippen LogP contribution in [0.2, 0.25) is 0 Å². The minimum absolute atomic E-state index is 0. The van der Waals surface area contributed by atoms with E-state index in [1.54, 1.807) is 11.3 Å². The maximum Gasteiger partial charge on any atom is 0.259 e. The van der Waals surface area contributed by atoms with Gasteiger partial charge in [0.05, 0.1) is 0 Å². The number of benzene rings is 1. The van der Waals surface area contributed by atoms with Crippen LogP contribution >= 0.6 is 23.7 Å². The summed E-state index contributed by atoms with van der Waals surface area (Å²) in [5.74, 6) is 0. The largest absolute Gasteiger partial charge is 0.312 e. The Labute approximate surface area is 165 Å². The average Bonchev–Trinajstić information content (AvgIpc) is 3.15. The Kier molecular flexibility index (Phi) is 7.64. The van der Waals surface area contributed by atoms with Crippen molar-refractivity contribution in [1.82, 2.24) is 9.88 Å². The summed E-state index contributed by atoms with van der Waals surface area (Å²) in [4.78, 5) is 12.7. The zero-order valence-electron chi connectivity index (χ0n) is 15.2. The van der Waals surface area contributed by atoms with Gasteiger partial charge >= 0.3 is 0 Å². The zero-order chi connectivity index (χ0) is 17.6. The lowest BCUT2D eigenvalue weighted by molar-refractivity contribution is 0.680. The fraction of sp³-hybridized carbons (Fsp3) is 0.286. The second-order valence-electron chi connectivity index (χ2n) is 6.14. The SMILES string of the molecule is CCc1cc(CCNCc2ccccc2)c(C)n(-c2cccs2)c1=O.Cl. The van der Waals surface area contributed by atoms with Crippen LogP contribution in [0.15, 0.2) is 58.7 Å². The van der Waals surface area contributed by atoms with E-state index in [4.69, 9.17) is 0 Å². The standard InChI is InChI=1S/C21H24N2OS.ClH/c1-3-18-14-19(11-12-22-15-17-8-5-4-6-9-17)16(2)23(21(18)24)20-10-7-13-25-20;/h4-10,13-14,22H,3,11-12,15H2,1-2H3;1H. The molecule has 0 aliphatic carbocycles. The highest BCUT2D eigenvalue weighted by Gasteiger charge is 2.12. The normalized spacial score (nSPS) is 10.5. The Bertz CT molecular complexity index is 873. The molecule has 5 heteroatoms. The van der Waals surface area contributed by atoms with Crippen LogP contribution in [0.25, 0.3) is 5.00 Å². The van der Waals surface area contributed by atoms with Gasteiger partial charge in [0.15, 0.2) is 0 Å². The van der Waals surface area contributed by atoms with Crippen molar-refractivity contribution in [2.24, 2.45) is 0 Å². The lowest BCUT2D eigenvalue weighted by Crippen LogP contribution is -2.26. The number of aromatic nitrogens is 1. The predicted molar refractivity (Wildman–Crippen MR) is 113 cm³/mol. The van der Waals surface area contributed by atoms with Crippen LogP contribution in [0, 0.1) is 6.92 Å². The summed E-state index contributed by atoms with van der Waals surface area (Å²) in [6, 6.07) is 16.5. The molecule has 2 heterocycles. The van der Waals surface area contributed by atoms with E-state index in [-0.39, 0.29) is 18.0 Å². The second-order valence-corrected chi connectivity index (χ2v) is 7.06. The Balaban J connectivity index is 0.00000243. The van der Waals surface area contributed by atoms with Crippen molar-refractivity contribution in [3.8, 4) is 5.00 Å². The van der Waals surface area contributed by atoms with Crippen LogP contribution in [-0.4, -0.2) is 11.1 Å². The highest BCUT2D eigenvalue weighted by molar-refractivity contribution is 7.12. The smallest absolute Gasteiger partial charge is 0.259 e. The third kappa shape index (κ3) is 4.64. The Morgan fingerprint density at radius 1 is 1.08 bits per heavy atom. The quantitative estimate of drug-likeness (QED) is 0.603. The molecule has 0 unspecified atom stereocenters. The van der Waals surface area contributed by atoms with Crippen LogP contribution in [0.4, 0.5) is 0 Å². The number of hydrogen-bond donors (Lipinski definition) is 1. The minimum atomic E-state index is 0. The van der Waals surface area contributed by atoms with Crippen LogP contribution in [0.5, 0.6) is 0 Å². The Morgan fingerprint density at radius 2 is 1.85 bits per heavy atom. The first-order valence-electron chi connectivity index (χ1n) is 8.73. The maximum atomic E-state index is 12.7. The molecule has 0 amide bonds. The molecular formula is C21H25ClN2OS. The molecule has 0 atom stereocenters. The van der Waals surface area contributed by atoms with E-state index in [2.05, 4.69) is 35.6 Å². The molecule has 0 aliphatic rings. The highest BCUT2D eigenvalue weighted by Crippen LogP contribution is 2.18. The van der Waals surface area contributed by atoms with Gasteiger partial charge in [-0.2, -0.15) is 0 Å². The number of aryl methyl sites for hydroxylation is 1. The average molecular weight is 389 g/mol. The van der Waals surface area contributed by atoms with Crippen molar-refractivity contribution in [3.05, 3.63) is 86.6 Å². The number of rotatable bonds is 7. The Morgan fingerprint density at radius 3 is 2.50 bits per heavy atom. The predicted octanol–water partition coefficient (Wildman–Crippen LogP) is 4.52. The summed E-state index contributed by atoms with van der Waals surface area (Å²) in [7, 11) is 0. The molecule has 138 valence electrons. The van der Waals surface area contributed by atoms with Gasteiger partial charge in [0.2, 0.25) is 0 Å².